The molecule has 5 nitrogen and oxygen atoms in total. The van der Waals surface area contributed by atoms with Crippen LogP contribution in [-0.2, 0) is 11.8 Å². The minimum absolute atomic E-state index is 0.0327. The molecule has 0 spiro atoms. The van der Waals surface area contributed by atoms with Gasteiger partial charge in [-0.15, -0.1) is 0 Å². The first kappa shape index (κ1) is 20.9. The van der Waals surface area contributed by atoms with E-state index in [4.69, 9.17) is 4.99 Å². The topological polar surface area (TPSA) is 56.7 Å². The highest BCUT2D eigenvalue weighted by molar-refractivity contribution is 5.94. The Morgan fingerprint density at radius 1 is 1.07 bits per heavy atom. The Hall–Kier alpha value is -2.82. The minimum Gasteiger partial charge on any atom is -0.357 e. The van der Waals surface area contributed by atoms with Crippen molar-refractivity contribution in [3.05, 3.63) is 71.3 Å². The van der Waals surface area contributed by atoms with Crippen molar-refractivity contribution in [3.63, 3.8) is 0 Å². The molecule has 0 radical (unpaired) electrons. The number of amides is 1. The van der Waals surface area contributed by atoms with E-state index in [1.54, 1.807) is 19.0 Å². The van der Waals surface area contributed by atoms with Crippen molar-refractivity contribution in [2.24, 2.45) is 4.99 Å². The molecule has 0 aliphatic heterocycles. The van der Waals surface area contributed by atoms with E-state index in [0.717, 1.165) is 43.1 Å². The summed E-state index contributed by atoms with van der Waals surface area (Å²) in [5.41, 5.74) is 3.47. The third-order valence-corrected chi connectivity index (χ3v) is 5.41. The molecule has 0 saturated heterocycles. The second-order valence-corrected chi connectivity index (χ2v) is 7.92. The van der Waals surface area contributed by atoms with Gasteiger partial charge in [-0.25, -0.2) is 0 Å². The number of rotatable bonds is 8. The van der Waals surface area contributed by atoms with E-state index in [1.807, 2.05) is 18.2 Å². The molecule has 1 aliphatic carbocycles. The molecule has 0 bridgehead atoms. The fraction of sp³-hybridized carbons (Fsp3) is 0.417. The second kappa shape index (κ2) is 9.59. The van der Waals surface area contributed by atoms with Gasteiger partial charge in [0.1, 0.15) is 0 Å². The average Bonchev–Trinajstić information content (AvgIpc) is 3.53. The van der Waals surface area contributed by atoms with Crippen LogP contribution in [0.25, 0.3) is 0 Å². The molecule has 0 atom stereocenters. The van der Waals surface area contributed by atoms with Gasteiger partial charge in [-0.3, -0.25) is 9.79 Å². The molecule has 5 heteroatoms. The maximum Gasteiger partial charge on any atom is 0.253 e. The van der Waals surface area contributed by atoms with E-state index in [0.29, 0.717) is 0 Å². The van der Waals surface area contributed by atoms with Crippen molar-refractivity contribution in [2.45, 2.75) is 31.6 Å². The van der Waals surface area contributed by atoms with Crippen LogP contribution in [0, 0.1) is 0 Å². The largest absolute Gasteiger partial charge is 0.357 e. The first-order valence-electron chi connectivity index (χ1n) is 10.4. The molecule has 0 aromatic heterocycles. The van der Waals surface area contributed by atoms with E-state index >= 15 is 0 Å². The van der Waals surface area contributed by atoms with Gasteiger partial charge in [-0.2, -0.15) is 0 Å². The van der Waals surface area contributed by atoms with Gasteiger partial charge in [-0.1, -0.05) is 42.5 Å². The smallest absolute Gasteiger partial charge is 0.253 e. The Bertz CT molecular complexity index is 841. The number of nitrogens with zero attached hydrogens (tertiary/aromatic N) is 2. The Morgan fingerprint density at radius 3 is 2.48 bits per heavy atom. The van der Waals surface area contributed by atoms with Crippen LogP contribution in [0.3, 0.4) is 0 Å². The lowest BCUT2D eigenvalue weighted by Crippen LogP contribution is -2.39. The highest BCUT2D eigenvalue weighted by Gasteiger charge is 2.43. The first-order chi connectivity index (χ1) is 14.0. The third kappa shape index (κ3) is 5.59. The van der Waals surface area contributed by atoms with E-state index < -0.39 is 0 Å². The van der Waals surface area contributed by atoms with Gasteiger partial charge in [0.05, 0.1) is 6.54 Å². The van der Waals surface area contributed by atoms with Crippen LogP contribution in [-0.4, -0.2) is 50.5 Å². The summed E-state index contributed by atoms with van der Waals surface area (Å²) in [7, 11) is 3.55. The standard InChI is InChI=1S/C24H32N4O/c1-4-25-23(27-18-24(14-15-24)21-11-6-5-7-12-21)26-16-13-19-9-8-10-20(17-19)22(29)28(2)3/h5-12,17H,4,13-16,18H2,1-3H3,(H2,25,26,27). The molecule has 1 saturated carbocycles. The molecule has 2 aromatic carbocycles. The summed E-state index contributed by atoms with van der Waals surface area (Å²) in [5.74, 6) is 0.889. The van der Waals surface area contributed by atoms with E-state index in [1.165, 1.54) is 18.4 Å². The Labute approximate surface area is 174 Å². The Morgan fingerprint density at radius 2 is 1.83 bits per heavy atom. The van der Waals surface area contributed by atoms with Crippen LogP contribution in [0.2, 0.25) is 0 Å². The summed E-state index contributed by atoms with van der Waals surface area (Å²) >= 11 is 0. The number of hydrogen-bond donors (Lipinski definition) is 2. The van der Waals surface area contributed by atoms with Crippen molar-refractivity contribution in [2.75, 3.05) is 33.7 Å². The zero-order valence-electron chi connectivity index (χ0n) is 17.7. The van der Waals surface area contributed by atoms with E-state index in [-0.39, 0.29) is 11.3 Å². The maximum absolute atomic E-state index is 12.1. The SMILES string of the molecule is CCNC(=NCC1(c2ccccc2)CC1)NCCc1cccc(C(=O)N(C)C)c1. The number of nitrogens with one attached hydrogen (secondary N) is 2. The van der Waals surface area contributed by atoms with Crippen LogP contribution in [0.15, 0.2) is 59.6 Å². The summed E-state index contributed by atoms with van der Waals surface area (Å²) in [4.78, 5) is 18.6. The number of benzene rings is 2. The molecule has 0 heterocycles. The van der Waals surface area contributed by atoms with Crippen molar-refractivity contribution in [3.8, 4) is 0 Å². The highest BCUT2D eigenvalue weighted by Crippen LogP contribution is 2.48. The second-order valence-electron chi connectivity index (χ2n) is 7.92. The molecular formula is C24H32N4O. The third-order valence-electron chi connectivity index (χ3n) is 5.41. The summed E-state index contributed by atoms with van der Waals surface area (Å²) in [6, 6.07) is 18.6. The van der Waals surface area contributed by atoms with Gasteiger partial charge in [0, 0.05) is 38.2 Å². The van der Waals surface area contributed by atoms with Gasteiger partial charge in [-0.05, 0) is 49.4 Å². The number of aliphatic imine (C=N–C) groups is 1. The van der Waals surface area contributed by atoms with Crippen LogP contribution in [0.4, 0.5) is 0 Å². The highest BCUT2D eigenvalue weighted by atomic mass is 16.2. The van der Waals surface area contributed by atoms with Gasteiger partial charge in [0.2, 0.25) is 0 Å². The Balaban J connectivity index is 1.57. The van der Waals surface area contributed by atoms with Crippen LogP contribution in [0.1, 0.15) is 41.3 Å². The lowest BCUT2D eigenvalue weighted by Gasteiger charge is -2.16. The summed E-state index contributed by atoms with van der Waals surface area (Å²) in [6.45, 7) is 4.48. The summed E-state index contributed by atoms with van der Waals surface area (Å²) in [6.07, 6.45) is 3.24. The number of carbonyl (C=O) groups is 1. The molecule has 1 fully saturated rings. The molecule has 2 N–H and O–H groups in total. The normalized spacial score (nSPS) is 14.9. The predicted octanol–water partition coefficient (Wildman–Crippen LogP) is 3.22. The molecule has 29 heavy (non-hydrogen) atoms. The summed E-state index contributed by atoms with van der Waals surface area (Å²) in [5, 5.41) is 6.78. The van der Waals surface area contributed by atoms with Crippen LogP contribution < -0.4 is 10.6 Å². The van der Waals surface area contributed by atoms with Gasteiger partial charge in [0.15, 0.2) is 5.96 Å². The maximum atomic E-state index is 12.1. The molecule has 2 aromatic rings. The molecular weight excluding hydrogens is 360 g/mol. The van der Waals surface area contributed by atoms with Gasteiger partial charge in [0.25, 0.3) is 5.91 Å². The Kier molecular flexibility index (Phi) is 6.91. The number of carbonyl (C=O) groups excluding carboxylic acids is 1. The molecule has 154 valence electrons. The van der Waals surface area contributed by atoms with E-state index in [2.05, 4.69) is 54.0 Å². The van der Waals surface area contributed by atoms with Crippen molar-refractivity contribution >= 4 is 11.9 Å². The quantitative estimate of drug-likeness (QED) is 0.536. The average molecular weight is 393 g/mol. The molecule has 1 aliphatic rings. The monoisotopic (exact) mass is 392 g/mol. The fourth-order valence-electron chi connectivity index (χ4n) is 3.50. The van der Waals surface area contributed by atoms with Gasteiger partial charge < -0.3 is 15.5 Å². The predicted molar refractivity (Wildman–Crippen MR) is 119 cm³/mol. The minimum atomic E-state index is 0.0327. The van der Waals surface area contributed by atoms with Gasteiger partial charge >= 0.3 is 0 Å². The lowest BCUT2D eigenvalue weighted by molar-refractivity contribution is 0.0827. The first-order valence-corrected chi connectivity index (χ1v) is 10.4. The molecule has 3 rings (SSSR count). The van der Waals surface area contributed by atoms with Crippen LogP contribution >= 0.6 is 0 Å². The van der Waals surface area contributed by atoms with Crippen LogP contribution in [0.5, 0.6) is 0 Å². The zero-order chi connectivity index (χ0) is 20.7. The van der Waals surface area contributed by atoms with Crippen molar-refractivity contribution in [1.29, 1.82) is 0 Å². The lowest BCUT2D eigenvalue weighted by atomic mass is 9.96. The molecule has 0 unspecified atom stereocenters. The van der Waals surface area contributed by atoms with Crippen molar-refractivity contribution < 1.29 is 4.79 Å². The van der Waals surface area contributed by atoms with E-state index in [9.17, 15) is 4.79 Å². The zero-order valence-corrected chi connectivity index (χ0v) is 17.7. The van der Waals surface area contributed by atoms with Crippen molar-refractivity contribution in [1.82, 2.24) is 15.5 Å². The number of guanidine groups is 1. The molecule has 1 amide bonds. The fourth-order valence-corrected chi connectivity index (χ4v) is 3.50. The number of hydrogen-bond acceptors (Lipinski definition) is 2. The summed E-state index contributed by atoms with van der Waals surface area (Å²) < 4.78 is 0.